The number of ether oxygens (including phenoxy) is 2. The van der Waals surface area contributed by atoms with Gasteiger partial charge in [0, 0.05) is 0 Å². The first kappa shape index (κ1) is 14.3. The molecule has 1 aromatic heterocycles. The van der Waals surface area contributed by atoms with Crippen molar-refractivity contribution in [2.75, 3.05) is 21.3 Å². The van der Waals surface area contributed by atoms with Crippen LogP contribution in [0, 0.1) is 6.92 Å². The van der Waals surface area contributed by atoms with E-state index in [-0.39, 0.29) is 6.04 Å². The number of nitrogens with one attached hydrogen (secondary N) is 1. The molecule has 106 valence electrons. The number of rotatable bonds is 5. The summed E-state index contributed by atoms with van der Waals surface area (Å²) >= 11 is 0. The summed E-state index contributed by atoms with van der Waals surface area (Å²) in [5.74, 6) is 0.900. The van der Waals surface area contributed by atoms with Gasteiger partial charge in [0.05, 0.1) is 26.5 Å². The van der Waals surface area contributed by atoms with Crippen LogP contribution < -0.4 is 14.8 Å². The fraction of sp³-hybridized carbons (Fsp3) is 0.333. The van der Waals surface area contributed by atoms with E-state index in [1.807, 2.05) is 19.2 Å². The minimum Gasteiger partial charge on any atom is -0.480 e. The van der Waals surface area contributed by atoms with Crippen LogP contribution in [0.1, 0.15) is 22.9 Å². The maximum Gasteiger partial charge on any atom is 0.240 e. The zero-order chi connectivity index (χ0) is 14.5. The van der Waals surface area contributed by atoms with Gasteiger partial charge >= 0.3 is 0 Å². The topological polar surface area (TPSA) is 56.3 Å². The molecule has 5 heteroatoms. The second kappa shape index (κ2) is 6.34. The summed E-state index contributed by atoms with van der Waals surface area (Å²) in [5.41, 5.74) is 3.07. The minimum atomic E-state index is -0.0791. The molecule has 0 aliphatic carbocycles. The molecule has 2 rings (SSSR count). The van der Waals surface area contributed by atoms with E-state index in [0.717, 1.165) is 11.3 Å². The van der Waals surface area contributed by atoms with Crippen molar-refractivity contribution in [3.63, 3.8) is 0 Å². The Morgan fingerprint density at radius 1 is 1.15 bits per heavy atom. The molecule has 1 aromatic carbocycles. The molecule has 0 aliphatic heterocycles. The summed E-state index contributed by atoms with van der Waals surface area (Å²) < 4.78 is 10.4. The van der Waals surface area contributed by atoms with E-state index in [4.69, 9.17) is 9.47 Å². The van der Waals surface area contributed by atoms with Crippen LogP contribution in [0.25, 0.3) is 0 Å². The van der Waals surface area contributed by atoms with Crippen LogP contribution in [0.15, 0.2) is 30.5 Å². The Balaban J connectivity index is 2.49. The van der Waals surface area contributed by atoms with Crippen LogP contribution in [-0.4, -0.2) is 31.2 Å². The first-order chi connectivity index (χ1) is 9.71. The lowest BCUT2D eigenvalue weighted by Gasteiger charge is -2.20. The van der Waals surface area contributed by atoms with Crippen LogP contribution in [0.3, 0.4) is 0 Å². The first-order valence-electron chi connectivity index (χ1n) is 6.39. The van der Waals surface area contributed by atoms with E-state index in [0.29, 0.717) is 11.8 Å². The molecule has 0 fully saturated rings. The molecular formula is C15H19N3O2. The third kappa shape index (κ3) is 2.72. The highest BCUT2D eigenvalue weighted by atomic mass is 16.5. The Kier molecular flexibility index (Phi) is 4.53. The van der Waals surface area contributed by atoms with Crippen molar-refractivity contribution >= 4 is 0 Å². The average molecular weight is 273 g/mol. The minimum absolute atomic E-state index is 0.0791. The summed E-state index contributed by atoms with van der Waals surface area (Å²) in [7, 11) is 5.03. The van der Waals surface area contributed by atoms with E-state index in [2.05, 4.69) is 34.3 Å². The lowest BCUT2D eigenvalue weighted by Crippen LogP contribution is -2.21. The Hall–Kier alpha value is -2.14. The molecular weight excluding hydrogens is 254 g/mol. The lowest BCUT2D eigenvalue weighted by atomic mass is 9.99. The molecule has 0 bridgehead atoms. The highest BCUT2D eigenvalue weighted by Crippen LogP contribution is 2.29. The Morgan fingerprint density at radius 2 is 1.90 bits per heavy atom. The van der Waals surface area contributed by atoms with Crippen molar-refractivity contribution in [1.82, 2.24) is 15.3 Å². The van der Waals surface area contributed by atoms with Gasteiger partial charge < -0.3 is 14.8 Å². The molecule has 1 heterocycles. The summed E-state index contributed by atoms with van der Waals surface area (Å²) in [4.78, 5) is 8.72. The van der Waals surface area contributed by atoms with Crippen LogP contribution in [0.5, 0.6) is 11.8 Å². The number of aryl methyl sites for hydroxylation is 1. The molecule has 1 N–H and O–H groups in total. The van der Waals surface area contributed by atoms with Gasteiger partial charge in [0.1, 0.15) is 5.69 Å². The number of benzene rings is 1. The first-order valence-corrected chi connectivity index (χ1v) is 6.39. The number of hydrogen-bond acceptors (Lipinski definition) is 5. The quantitative estimate of drug-likeness (QED) is 0.904. The summed E-state index contributed by atoms with van der Waals surface area (Å²) in [6.45, 7) is 2.07. The van der Waals surface area contributed by atoms with Gasteiger partial charge in [0.2, 0.25) is 11.8 Å². The summed E-state index contributed by atoms with van der Waals surface area (Å²) in [5, 5.41) is 3.26. The smallest absolute Gasteiger partial charge is 0.240 e. The van der Waals surface area contributed by atoms with Gasteiger partial charge in [-0.3, -0.25) is 0 Å². The second-order valence-electron chi connectivity index (χ2n) is 4.39. The number of hydrogen-bond donors (Lipinski definition) is 1. The van der Waals surface area contributed by atoms with Crippen molar-refractivity contribution in [3.05, 3.63) is 47.3 Å². The molecule has 0 radical (unpaired) electrons. The second-order valence-corrected chi connectivity index (χ2v) is 4.39. The number of nitrogens with zero attached hydrogens (tertiary/aromatic N) is 2. The Bertz CT molecular complexity index is 587. The zero-order valence-corrected chi connectivity index (χ0v) is 12.2. The molecule has 1 unspecified atom stereocenters. The van der Waals surface area contributed by atoms with Gasteiger partial charge in [-0.15, -0.1) is 0 Å². The fourth-order valence-electron chi connectivity index (χ4n) is 2.16. The third-order valence-corrected chi connectivity index (χ3v) is 3.21. The van der Waals surface area contributed by atoms with E-state index >= 15 is 0 Å². The molecule has 20 heavy (non-hydrogen) atoms. The van der Waals surface area contributed by atoms with Gasteiger partial charge in [-0.2, -0.15) is 4.98 Å². The van der Waals surface area contributed by atoms with E-state index in [9.17, 15) is 0 Å². The Labute approximate surface area is 119 Å². The van der Waals surface area contributed by atoms with Crippen LogP contribution in [0.4, 0.5) is 0 Å². The highest BCUT2D eigenvalue weighted by molar-refractivity contribution is 5.38. The molecule has 0 amide bonds. The fourth-order valence-corrected chi connectivity index (χ4v) is 2.16. The van der Waals surface area contributed by atoms with Crippen molar-refractivity contribution in [1.29, 1.82) is 0 Å². The van der Waals surface area contributed by atoms with Gasteiger partial charge in [0.25, 0.3) is 0 Å². The molecule has 1 atom stereocenters. The predicted octanol–water partition coefficient (Wildman–Crippen LogP) is 2.11. The number of methoxy groups -OCH3 is 2. The third-order valence-electron chi connectivity index (χ3n) is 3.21. The molecule has 0 aliphatic rings. The van der Waals surface area contributed by atoms with Crippen molar-refractivity contribution in [2.45, 2.75) is 13.0 Å². The highest BCUT2D eigenvalue weighted by Gasteiger charge is 2.21. The van der Waals surface area contributed by atoms with E-state index < -0.39 is 0 Å². The van der Waals surface area contributed by atoms with Crippen LogP contribution in [0.2, 0.25) is 0 Å². The lowest BCUT2D eigenvalue weighted by molar-refractivity contribution is 0.353. The van der Waals surface area contributed by atoms with E-state index in [1.54, 1.807) is 20.4 Å². The normalized spacial score (nSPS) is 12.0. The van der Waals surface area contributed by atoms with Crippen LogP contribution >= 0.6 is 0 Å². The Morgan fingerprint density at radius 3 is 2.50 bits per heavy atom. The van der Waals surface area contributed by atoms with Crippen molar-refractivity contribution in [3.8, 4) is 11.8 Å². The van der Waals surface area contributed by atoms with Crippen LogP contribution in [-0.2, 0) is 0 Å². The number of aromatic nitrogens is 2. The largest absolute Gasteiger partial charge is 0.480 e. The molecule has 2 aromatic rings. The maximum absolute atomic E-state index is 5.34. The SMILES string of the molecule is CNC(c1ccccc1C)c1ncc(OC)nc1OC. The maximum atomic E-state index is 5.34. The standard InChI is InChI=1S/C15H19N3O2/c1-10-7-5-6-8-11(10)13(16-2)14-15(20-4)18-12(19-3)9-17-14/h5-9,13,16H,1-4H3. The molecule has 0 saturated heterocycles. The van der Waals surface area contributed by atoms with Gasteiger partial charge in [-0.25, -0.2) is 4.98 Å². The van der Waals surface area contributed by atoms with Gasteiger partial charge in [-0.05, 0) is 25.1 Å². The van der Waals surface area contributed by atoms with Crippen molar-refractivity contribution < 1.29 is 9.47 Å². The molecule has 5 nitrogen and oxygen atoms in total. The van der Waals surface area contributed by atoms with E-state index in [1.165, 1.54) is 5.56 Å². The summed E-state index contributed by atoms with van der Waals surface area (Å²) in [6.07, 6.45) is 1.60. The zero-order valence-electron chi connectivity index (χ0n) is 12.2. The van der Waals surface area contributed by atoms with Gasteiger partial charge in [-0.1, -0.05) is 24.3 Å². The molecule has 0 saturated carbocycles. The molecule has 0 spiro atoms. The average Bonchev–Trinajstić information content (AvgIpc) is 2.50. The monoisotopic (exact) mass is 273 g/mol. The van der Waals surface area contributed by atoms with Crippen molar-refractivity contribution in [2.24, 2.45) is 0 Å². The predicted molar refractivity (Wildman–Crippen MR) is 77.2 cm³/mol. The summed E-state index contributed by atoms with van der Waals surface area (Å²) in [6, 6.07) is 8.09. The van der Waals surface area contributed by atoms with Gasteiger partial charge in [0.15, 0.2) is 0 Å².